The zero-order valence-electron chi connectivity index (χ0n) is 15.2. The number of aliphatic imine (C=N–C) groups is 1. The van der Waals surface area contributed by atoms with Gasteiger partial charge in [0.05, 0.1) is 43.5 Å². The van der Waals surface area contributed by atoms with Crippen LogP contribution in [0.2, 0.25) is 0 Å². The van der Waals surface area contributed by atoms with Crippen molar-refractivity contribution in [3.63, 3.8) is 0 Å². The van der Waals surface area contributed by atoms with Crippen molar-refractivity contribution < 1.29 is 29.3 Å². The van der Waals surface area contributed by atoms with Crippen molar-refractivity contribution in [2.75, 3.05) is 44.9 Å². The second kappa shape index (κ2) is 12.9. The number of phenolic OH excluding ortho intramolecular Hbond substituents is 1. The number of carbonyl (C=O) groups excluding carboxylic acids is 1. The molecule has 0 spiro atoms. The summed E-state index contributed by atoms with van der Waals surface area (Å²) in [7, 11) is 1.44. The summed E-state index contributed by atoms with van der Waals surface area (Å²) in [6.45, 7) is 3.21. The number of morpholine rings is 1. The first-order chi connectivity index (χ1) is 13.4. The molecule has 2 aliphatic rings. The van der Waals surface area contributed by atoms with Crippen molar-refractivity contribution in [3.8, 4) is 17.6 Å². The van der Waals surface area contributed by atoms with E-state index in [1.165, 1.54) is 37.1 Å². The van der Waals surface area contributed by atoms with Gasteiger partial charge in [-0.15, -0.1) is 0 Å². The van der Waals surface area contributed by atoms with E-state index in [1.807, 2.05) is 6.07 Å². The Morgan fingerprint density at radius 1 is 1.46 bits per heavy atom. The standard InChI is InChI=1S/C8H7NO2.C7H10N2O2S.C2H4O2S/c1-11-8-4-6(5-9)2-3-7(8)10;10-6-5-12-7(8-6)9-1-3-11-4-2-9;3-2(4)1-5/h2-4,10H,1H3;1-5H2;5H,1H2,(H,3,4). The maximum Gasteiger partial charge on any atom is 0.313 e. The van der Waals surface area contributed by atoms with Gasteiger partial charge in [-0.1, -0.05) is 11.8 Å². The number of benzene rings is 1. The predicted octanol–water partition coefficient (Wildman–Crippen LogP) is 1.22. The van der Waals surface area contributed by atoms with Gasteiger partial charge in [-0.2, -0.15) is 22.9 Å². The van der Waals surface area contributed by atoms with Crippen molar-refractivity contribution >= 4 is 41.4 Å². The van der Waals surface area contributed by atoms with E-state index < -0.39 is 5.97 Å². The minimum absolute atomic E-state index is 0.0125. The molecule has 0 radical (unpaired) electrons. The zero-order chi connectivity index (χ0) is 20.9. The average Bonchev–Trinajstić information content (AvgIpc) is 3.16. The van der Waals surface area contributed by atoms with E-state index in [9.17, 15) is 9.59 Å². The number of phenols is 1. The summed E-state index contributed by atoms with van der Waals surface area (Å²) in [5, 5.41) is 26.1. The number of carbonyl (C=O) groups is 2. The Morgan fingerprint density at radius 2 is 2.11 bits per heavy atom. The largest absolute Gasteiger partial charge is 0.504 e. The third kappa shape index (κ3) is 8.51. The fourth-order valence-electron chi connectivity index (χ4n) is 1.96. The molecule has 152 valence electrons. The van der Waals surface area contributed by atoms with Crippen LogP contribution in [0.15, 0.2) is 23.2 Å². The van der Waals surface area contributed by atoms with E-state index in [0.29, 0.717) is 17.1 Å². The summed E-state index contributed by atoms with van der Waals surface area (Å²) >= 11 is 4.94. The summed E-state index contributed by atoms with van der Waals surface area (Å²) in [5.74, 6) is -0.0995. The maximum absolute atomic E-state index is 10.8. The second-order valence-electron chi connectivity index (χ2n) is 5.23. The van der Waals surface area contributed by atoms with E-state index in [2.05, 4.69) is 22.5 Å². The van der Waals surface area contributed by atoms with Gasteiger partial charge in [0.15, 0.2) is 16.7 Å². The Labute approximate surface area is 172 Å². The minimum Gasteiger partial charge on any atom is -0.504 e. The normalized spacial score (nSPS) is 15.2. The number of carboxylic acids is 1. The quantitative estimate of drug-likeness (QED) is 0.596. The van der Waals surface area contributed by atoms with Gasteiger partial charge in [0.2, 0.25) is 0 Å². The van der Waals surface area contributed by atoms with E-state index in [-0.39, 0.29) is 17.4 Å². The van der Waals surface area contributed by atoms with Crippen LogP contribution in [0.25, 0.3) is 0 Å². The van der Waals surface area contributed by atoms with Gasteiger partial charge in [0.25, 0.3) is 5.91 Å². The molecule has 1 saturated heterocycles. The van der Waals surface area contributed by atoms with Gasteiger partial charge >= 0.3 is 5.97 Å². The Morgan fingerprint density at radius 3 is 2.57 bits per heavy atom. The second-order valence-corrected chi connectivity index (χ2v) is 6.49. The predicted molar refractivity (Wildman–Crippen MR) is 108 cm³/mol. The van der Waals surface area contributed by atoms with Crippen LogP contribution in [0, 0.1) is 11.3 Å². The molecule has 1 aromatic carbocycles. The summed E-state index contributed by atoms with van der Waals surface area (Å²) in [6, 6.07) is 6.37. The summed E-state index contributed by atoms with van der Waals surface area (Å²) in [5.41, 5.74) is 0.472. The maximum atomic E-state index is 10.8. The van der Waals surface area contributed by atoms with E-state index in [4.69, 9.17) is 24.9 Å². The lowest BCUT2D eigenvalue weighted by molar-refractivity contribution is -0.133. The number of nitriles is 1. The number of aromatic hydroxyl groups is 1. The molecule has 0 aliphatic carbocycles. The highest BCUT2D eigenvalue weighted by atomic mass is 32.2. The van der Waals surface area contributed by atoms with Crippen molar-refractivity contribution in [2.45, 2.75) is 0 Å². The molecule has 28 heavy (non-hydrogen) atoms. The highest BCUT2D eigenvalue weighted by Gasteiger charge is 2.22. The first-order valence-corrected chi connectivity index (χ1v) is 9.69. The first-order valence-electron chi connectivity index (χ1n) is 8.08. The molecule has 1 amide bonds. The Kier molecular flexibility index (Phi) is 10.9. The van der Waals surface area contributed by atoms with Crippen molar-refractivity contribution in [1.82, 2.24) is 4.90 Å². The highest BCUT2D eigenvalue weighted by Crippen LogP contribution is 2.25. The Hall–Kier alpha value is -2.42. The summed E-state index contributed by atoms with van der Waals surface area (Å²) in [4.78, 5) is 26.2. The first kappa shape index (κ1) is 23.6. The molecule has 0 saturated carbocycles. The Bertz CT molecular complexity index is 745. The molecular formula is C17H21N3O6S2. The van der Waals surface area contributed by atoms with E-state index >= 15 is 0 Å². The highest BCUT2D eigenvalue weighted by molar-refractivity contribution is 8.14. The van der Waals surface area contributed by atoms with Crippen LogP contribution >= 0.6 is 24.4 Å². The Balaban J connectivity index is 0.000000229. The molecule has 0 atom stereocenters. The third-order valence-corrected chi connectivity index (χ3v) is 4.54. The van der Waals surface area contributed by atoms with Crippen molar-refractivity contribution in [2.24, 2.45) is 4.99 Å². The topological polar surface area (TPSA) is 132 Å². The lowest BCUT2D eigenvalue weighted by atomic mass is 10.2. The average molecular weight is 428 g/mol. The summed E-state index contributed by atoms with van der Waals surface area (Å²) < 4.78 is 9.98. The molecule has 2 N–H and O–H groups in total. The van der Waals surface area contributed by atoms with Crippen molar-refractivity contribution in [3.05, 3.63) is 23.8 Å². The number of thioether (sulfide) groups is 1. The van der Waals surface area contributed by atoms with Crippen LogP contribution in [-0.4, -0.2) is 77.1 Å². The number of rotatable bonds is 2. The number of hydrogen-bond donors (Lipinski definition) is 3. The molecule has 1 aromatic rings. The van der Waals surface area contributed by atoms with Gasteiger partial charge in [0.1, 0.15) is 0 Å². The summed E-state index contributed by atoms with van der Waals surface area (Å²) in [6.07, 6.45) is 0. The fraction of sp³-hybridized carbons (Fsp3) is 0.412. The van der Waals surface area contributed by atoms with Gasteiger partial charge < -0.3 is 24.6 Å². The lowest BCUT2D eigenvalue weighted by Gasteiger charge is -2.27. The SMILES string of the molecule is COc1cc(C#N)ccc1O.O=C(O)CS.O=C1CSC(N2CCOCC2)=N1. The third-order valence-electron chi connectivity index (χ3n) is 3.27. The molecule has 11 heteroatoms. The van der Waals surface area contributed by atoms with Gasteiger partial charge in [-0.25, -0.2) is 0 Å². The zero-order valence-corrected chi connectivity index (χ0v) is 16.9. The van der Waals surface area contributed by atoms with Gasteiger partial charge in [-0.05, 0) is 12.1 Å². The molecule has 2 heterocycles. The molecule has 0 unspecified atom stereocenters. The fourth-order valence-corrected chi connectivity index (χ4v) is 2.81. The number of thiol groups is 1. The molecular weight excluding hydrogens is 406 g/mol. The van der Waals surface area contributed by atoms with Gasteiger partial charge in [-0.3, -0.25) is 9.59 Å². The number of ether oxygens (including phenoxy) is 2. The van der Waals surface area contributed by atoms with E-state index in [1.54, 1.807) is 0 Å². The van der Waals surface area contributed by atoms with Crippen LogP contribution in [0.1, 0.15) is 5.56 Å². The number of methoxy groups -OCH3 is 1. The number of amides is 1. The number of carboxylic acid groups (broad SMARTS) is 1. The number of nitrogens with zero attached hydrogens (tertiary/aromatic N) is 3. The molecule has 2 aliphatic heterocycles. The number of amidine groups is 1. The number of aliphatic carboxylic acids is 1. The van der Waals surface area contributed by atoms with Gasteiger partial charge in [0, 0.05) is 19.2 Å². The van der Waals surface area contributed by atoms with Crippen LogP contribution in [-0.2, 0) is 14.3 Å². The lowest BCUT2D eigenvalue weighted by Crippen LogP contribution is -2.38. The van der Waals surface area contributed by atoms with Crippen LogP contribution in [0.5, 0.6) is 11.5 Å². The van der Waals surface area contributed by atoms with Crippen LogP contribution in [0.4, 0.5) is 0 Å². The molecule has 0 aromatic heterocycles. The number of hydrogen-bond acceptors (Lipinski definition) is 9. The van der Waals surface area contributed by atoms with Crippen LogP contribution < -0.4 is 4.74 Å². The smallest absolute Gasteiger partial charge is 0.313 e. The molecule has 9 nitrogen and oxygen atoms in total. The monoisotopic (exact) mass is 427 g/mol. The van der Waals surface area contributed by atoms with Crippen molar-refractivity contribution in [1.29, 1.82) is 5.26 Å². The molecule has 1 fully saturated rings. The molecule has 3 rings (SSSR count). The van der Waals surface area contributed by atoms with E-state index in [0.717, 1.165) is 31.5 Å². The van der Waals surface area contributed by atoms with Crippen LogP contribution in [0.3, 0.4) is 0 Å². The minimum atomic E-state index is -0.881. The molecule has 0 bridgehead atoms.